The summed E-state index contributed by atoms with van der Waals surface area (Å²) in [4.78, 5) is 0. The first-order valence-corrected chi connectivity index (χ1v) is 10.6. The first kappa shape index (κ1) is 20.2. The Bertz CT molecular complexity index is 1040. The molecule has 0 atom stereocenters. The third kappa shape index (κ3) is 4.27. The van der Waals surface area contributed by atoms with Gasteiger partial charge in [-0.3, -0.25) is 0 Å². The van der Waals surface area contributed by atoms with Crippen LogP contribution in [-0.4, -0.2) is 21.9 Å². The minimum Gasteiger partial charge on any atom is -0.507 e. The van der Waals surface area contributed by atoms with Crippen molar-refractivity contribution < 1.29 is 15.3 Å². The normalized spacial score (nSPS) is 14.2. The predicted octanol–water partition coefficient (Wildman–Crippen LogP) is 5.60. The van der Waals surface area contributed by atoms with Crippen LogP contribution in [-0.2, 0) is 12.8 Å². The lowest BCUT2D eigenvalue weighted by molar-refractivity contribution is 0.324. The number of aliphatic hydroxyl groups is 1. The number of aliphatic hydroxyl groups excluding tert-OH is 1. The molecule has 3 nitrogen and oxygen atoms in total. The van der Waals surface area contributed by atoms with Crippen LogP contribution < -0.4 is 0 Å². The zero-order valence-electron chi connectivity index (χ0n) is 17.1. The highest BCUT2D eigenvalue weighted by Gasteiger charge is 2.23. The van der Waals surface area contributed by atoms with Gasteiger partial charge >= 0.3 is 0 Å². The van der Waals surface area contributed by atoms with Gasteiger partial charge in [0.05, 0.1) is 6.61 Å². The Kier molecular flexibility index (Phi) is 6.20. The predicted molar refractivity (Wildman–Crippen MR) is 121 cm³/mol. The summed E-state index contributed by atoms with van der Waals surface area (Å²) in [5, 5.41) is 32.1. The van der Waals surface area contributed by atoms with Gasteiger partial charge in [-0.25, -0.2) is 0 Å². The van der Waals surface area contributed by atoms with Crippen molar-refractivity contribution in [3.8, 4) is 11.5 Å². The Labute approximate surface area is 178 Å². The van der Waals surface area contributed by atoms with Gasteiger partial charge in [-0.15, -0.1) is 0 Å². The summed E-state index contributed by atoms with van der Waals surface area (Å²) in [5.74, 6) is 0.270. The van der Waals surface area contributed by atoms with E-state index in [0.29, 0.717) is 18.4 Å². The number of phenols is 2. The zero-order valence-corrected chi connectivity index (χ0v) is 17.1. The topological polar surface area (TPSA) is 60.7 Å². The van der Waals surface area contributed by atoms with E-state index < -0.39 is 0 Å². The molecule has 30 heavy (non-hydrogen) atoms. The number of hydrogen-bond acceptors (Lipinski definition) is 3. The summed E-state index contributed by atoms with van der Waals surface area (Å²) in [5.41, 5.74) is 6.48. The first-order valence-electron chi connectivity index (χ1n) is 10.6. The van der Waals surface area contributed by atoms with Gasteiger partial charge in [0, 0.05) is 24.0 Å². The molecular weight excluding hydrogens is 372 g/mol. The average Bonchev–Trinajstić information content (AvgIpc) is 2.80. The Morgan fingerprint density at radius 3 is 1.87 bits per heavy atom. The minimum absolute atomic E-state index is 0.0212. The van der Waals surface area contributed by atoms with E-state index in [2.05, 4.69) is 12.1 Å². The summed E-state index contributed by atoms with van der Waals surface area (Å²) in [6, 6.07) is 21.7. The summed E-state index contributed by atoms with van der Waals surface area (Å²) < 4.78 is 0. The third-order valence-corrected chi connectivity index (χ3v) is 6.03. The van der Waals surface area contributed by atoms with E-state index in [1.807, 2.05) is 48.5 Å². The maximum absolute atomic E-state index is 11.3. The molecule has 154 valence electrons. The molecule has 3 aromatic rings. The van der Waals surface area contributed by atoms with Crippen molar-refractivity contribution in [1.29, 1.82) is 0 Å². The molecule has 0 heterocycles. The Balaban J connectivity index is 1.86. The number of benzene rings is 3. The largest absolute Gasteiger partial charge is 0.507 e. The van der Waals surface area contributed by atoms with E-state index in [4.69, 9.17) is 0 Å². The number of allylic oxidation sites excluding steroid dienone is 1. The Hall–Kier alpha value is -3.04. The summed E-state index contributed by atoms with van der Waals surface area (Å²) in [6.07, 6.45) is 4.88. The van der Waals surface area contributed by atoms with Crippen LogP contribution in [0, 0.1) is 0 Å². The molecule has 1 aliphatic carbocycles. The highest BCUT2D eigenvalue weighted by molar-refractivity contribution is 5.76. The van der Waals surface area contributed by atoms with Gasteiger partial charge in [-0.2, -0.15) is 0 Å². The van der Waals surface area contributed by atoms with Crippen LogP contribution in [0.2, 0.25) is 0 Å². The minimum atomic E-state index is 0.0212. The van der Waals surface area contributed by atoms with Gasteiger partial charge in [0.15, 0.2) is 0 Å². The lowest BCUT2D eigenvalue weighted by atomic mass is 9.82. The molecule has 3 heteroatoms. The maximum Gasteiger partial charge on any atom is 0.126 e. The summed E-state index contributed by atoms with van der Waals surface area (Å²) in [7, 11) is 0. The van der Waals surface area contributed by atoms with Crippen molar-refractivity contribution in [2.45, 2.75) is 38.5 Å². The van der Waals surface area contributed by atoms with Gasteiger partial charge in [0.25, 0.3) is 0 Å². The van der Waals surface area contributed by atoms with E-state index in [9.17, 15) is 15.3 Å². The SMILES string of the molecule is OCC1=C(c2cc(O)c(Cc3ccccc3)c(O)c2Cc2ccccc2)CCCC1. The van der Waals surface area contributed by atoms with Gasteiger partial charge in [-0.05, 0) is 59.6 Å². The molecule has 0 fully saturated rings. The average molecular weight is 401 g/mol. The fraction of sp³-hybridized carbons (Fsp3) is 0.259. The standard InChI is InChI=1S/C27H28O3/c28-18-21-13-7-8-14-22(21)23-17-26(29)25(16-20-11-5-2-6-12-20)27(30)24(23)15-19-9-3-1-4-10-19/h1-6,9-12,17,28-30H,7-8,13-16,18H2. The molecule has 4 rings (SSSR count). The first-order chi connectivity index (χ1) is 14.7. The molecular formula is C27H28O3. The lowest BCUT2D eigenvalue weighted by Crippen LogP contribution is -2.07. The molecule has 0 radical (unpaired) electrons. The van der Waals surface area contributed by atoms with E-state index in [-0.39, 0.29) is 18.1 Å². The van der Waals surface area contributed by atoms with Crippen LogP contribution in [0.4, 0.5) is 0 Å². The Morgan fingerprint density at radius 1 is 0.700 bits per heavy atom. The van der Waals surface area contributed by atoms with Crippen LogP contribution in [0.15, 0.2) is 72.3 Å². The molecule has 0 unspecified atom stereocenters. The molecule has 0 saturated carbocycles. The van der Waals surface area contributed by atoms with Crippen LogP contribution in [0.3, 0.4) is 0 Å². The molecule has 0 amide bonds. The van der Waals surface area contributed by atoms with Gasteiger partial charge < -0.3 is 15.3 Å². The van der Waals surface area contributed by atoms with E-state index in [1.54, 1.807) is 6.07 Å². The molecule has 0 spiro atoms. The Morgan fingerprint density at radius 2 is 1.27 bits per heavy atom. The van der Waals surface area contributed by atoms with E-state index >= 15 is 0 Å². The number of hydrogen-bond donors (Lipinski definition) is 3. The van der Waals surface area contributed by atoms with Crippen molar-refractivity contribution in [3.05, 3.63) is 100 Å². The second-order valence-corrected chi connectivity index (χ2v) is 8.02. The quantitative estimate of drug-likeness (QED) is 0.505. The highest BCUT2D eigenvalue weighted by atomic mass is 16.3. The fourth-order valence-corrected chi connectivity index (χ4v) is 4.43. The van der Waals surface area contributed by atoms with Gasteiger partial charge in [-0.1, -0.05) is 60.7 Å². The molecule has 0 saturated heterocycles. The molecule has 3 aromatic carbocycles. The smallest absolute Gasteiger partial charge is 0.126 e. The van der Waals surface area contributed by atoms with Crippen LogP contribution in [0.5, 0.6) is 11.5 Å². The number of phenolic OH excluding ortho intramolecular Hbond substituents is 2. The number of aromatic hydroxyl groups is 2. The monoisotopic (exact) mass is 400 g/mol. The maximum atomic E-state index is 11.3. The second kappa shape index (κ2) is 9.19. The van der Waals surface area contributed by atoms with Gasteiger partial charge in [0.2, 0.25) is 0 Å². The highest BCUT2D eigenvalue weighted by Crippen LogP contribution is 2.43. The molecule has 1 aliphatic rings. The van der Waals surface area contributed by atoms with Crippen molar-refractivity contribution in [1.82, 2.24) is 0 Å². The lowest BCUT2D eigenvalue weighted by Gasteiger charge is -2.24. The fourth-order valence-electron chi connectivity index (χ4n) is 4.43. The summed E-state index contributed by atoms with van der Waals surface area (Å²) in [6.45, 7) is 0.0212. The van der Waals surface area contributed by atoms with E-state index in [0.717, 1.165) is 59.1 Å². The summed E-state index contributed by atoms with van der Waals surface area (Å²) >= 11 is 0. The van der Waals surface area contributed by atoms with Crippen LogP contribution in [0.25, 0.3) is 5.57 Å². The molecule has 0 aliphatic heterocycles. The van der Waals surface area contributed by atoms with Crippen molar-refractivity contribution in [2.75, 3.05) is 6.61 Å². The molecule has 0 aromatic heterocycles. The van der Waals surface area contributed by atoms with Crippen molar-refractivity contribution in [3.63, 3.8) is 0 Å². The zero-order chi connectivity index (χ0) is 20.9. The van der Waals surface area contributed by atoms with Crippen molar-refractivity contribution in [2.24, 2.45) is 0 Å². The molecule has 3 N–H and O–H groups in total. The van der Waals surface area contributed by atoms with Gasteiger partial charge in [0.1, 0.15) is 11.5 Å². The second-order valence-electron chi connectivity index (χ2n) is 8.02. The molecule has 0 bridgehead atoms. The van der Waals surface area contributed by atoms with Crippen molar-refractivity contribution >= 4 is 5.57 Å². The number of rotatable bonds is 6. The van der Waals surface area contributed by atoms with Crippen LogP contribution in [0.1, 0.15) is 53.5 Å². The van der Waals surface area contributed by atoms with Crippen LogP contribution >= 0.6 is 0 Å². The third-order valence-electron chi connectivity index (χ3n) is 6.03. The van der Waals surface area contributed by atoms with E-state index in [1.165, 1.54) is 0 Å².